The van der Waals surface area contributed by atoms with Crippen LogP contribution in [-0.4, -0.2) is 27.3 Å². The third-order valence-corrected chi connectivity index (χ3v) is 4.33. The number of hydrogen-bond donors (Lipinski definition) is 1. The van der Waals surface area contributed by atoms with E-state index in [0.717, 1.165) is 16.8 Å². The monoisotopic (exact) mass is 412 g/mol. The van der Waals surface area contributed by atoms with Crippen molar-refractivity contribution in [1.29, 1.82) is 0 Å². The SMILES string of the molecule is CC(C)(C)OC(=O)NCc1cccc(-n2cc(C(=O)C(=O)Cl)c3ccccc32)c1. The van der Waals surface area contributed by atoms with E-state index in [9.17, 15) is 14.4 Å². The first kappa shape index (κ1) is 20.6. The molecule has 0 atom stereocenters. The summed E-state index contributed by atoms with van der Waals surface area (Å²) in [5.41, 5.74) is 2.08. The summed E-state index contributed by atoms with van der Waals surface area (Å²) < 4.78 is 7.07. The highest BCUT2D eigenvalue weighted by atomic mass is 35.5. The van der Waals surface area contributed by atoms with Gasteiger partial charge >= 0.3 is 6.09 Å². The lowest BCUT2D eigenvalue weighted by Gasteiger charge is -2.19. The number of fused-ring (bicyclic) bond motifs is 1. The Morgan fingerprint density at radius 2 is 1.79 bits per heavy atom. The van der Waals surface area contributed by atoms with Gasteiger partial charge in [0.25, 0.3) is 5.24 Å². The molecule has 1 N–H and O–H groups in total. The van der Waals surface area contributed by atoms with Crippen LogP contribution in [0.4, 0.5) is 4.79 Å². The average Bonchev–Trinajstić information content (AvgIpc) is 3.04. The van der Waals surface area contributed by atoms with E-state index >= 15 is 0 Å². The Morgan fingerprint density at radius 3 is 2.48 bits per heavy atom. The maximum Gasteiger partial charge on any atom is 0.407 e. The van der Waals surface area contributed by atoms with Crippen LogP contribution in [0.3, 0.4) is 0 Å². The van der Waals surface area contributed by atoms with Gasteiger partial charge in [0.1, 0.15) is 5.60 Å². The maximum atomic E-state index is 12.2. The minimum absolute atomic E-state index is 0.248. The van der Waals surface area contributed by atoms with Crippen LogP contribution in [0.1, 0.15) is 36.7 Å². The lowest BCUT2D eigenvalue weighted by atomic mass is 10.1. The summed E-state index contributed by atoms with van der Waals surface area (Å²) in [7, 11) is 0. The summed E-state index contributed by atoms with van der Waals surface area (Å²) in [5, 5.41) is 2.34. The zero-order chi connectivity index (χ0) is 21.2. The molecule has 1 heterocycles. The molecule has 1 aromatic heterocycles. The van der Waals surface area contributed by atoms with E-state index in [4.69, 9.17) is 16.3 Å². The molecule has 1 amide bonds. The number of halogens is 1. The first-order chi connectivity index (χ1) is 13.7. The number of para-hydroxylation sites is 1. The fourth-order valence-electron chi connectivity index (χ4n) is 2.98. The number of nitrogens with zero attached hydrogens (tertiary/aromatic N) is 1. The smallest absolute Gasteiger partial charge is 0.407 e. The van der Waals surface area contributed by atoms with Crippen molar-refractivity contribution in [1.82, 2.24) is 9.88 Å². The van der Waals surface area contributed by atoms with Gasteiger partial charge in [0, 0.05) is 23.8 Å². The van der Waals surface area contributed by atoms with Crippen LogP contribution in [0.2, 0.25) is 0 Å². The van der Waals surface area contributed by atoms with Crippen LogP contribution in [0.15, 0.2) is 54.7 Å². The third kappa shape index (κ3) is 4.84. The summed E-state index contributed by atoms with van der Waals surface area (Å²) in [6, 6.07) is 14.8. The van der Waals surface area contributed by atoms with Gasteiger partial charge in [0.05, 0.1) is 11.1 Å². The third-order valence-electron chi connectivity index (χ3n) is 4.16. The molecule has 0 aliphatic rings. The van der Waals surface area contributed by atoms with Gasteiger partial charge in [-0.05, 0) is 56.1 Å². The molecule has 6 nitrogen and oxygen atoms in total. The van der Waals surface area contributed by atoms with E-state index in [1.165, 1.54) is 0 Å². The number of benzene rings is 2. The van der Waals surface area contributed by atoms with Crippen LogP contribution in [-0.2, 0) is 16.1 Å². The molecule has 0 bridgehead atoms. The first-order valence-corrected chi connectivity index (χ1v) is 9.44. The van der Waals surface area contributed by atoms with E-state index in [1.807, 2.05) is 41.0 Å². The summed E-state index contributed by atoms with van der Waals surface area (Å²) >= 11 is 5.41. The van der Waals surface area contributed by atoms with Crippen molar-refractivity contribution in [2.24, 2.45) is 0 Å². The first-order valence-electron chi connectivity index (χ1n) is 9.06. The minimum atomic E-state index is -1.02. The predicted molar refractivity (Wildman–Crippen MR) is 112 cm³/mol. The van der Waals surface area contributed by atoms with Gasteiger partial charge in [-0.1, -0.05) is 30.3 Å². The van der Waals surface area contributed by atoms with Crippen LogP contribution >= 0.6 is 11.6 Å². The normalized spacial score (nSPS) is 11.3. The highest BCUT2D eigenvalue weighted by Gasteiger charge is 2.20. The van der Waals surface area contributed by atoms with Gasteiger partial charge in [-0.25, -0.2) is 4.79 Å². The second-order valence-corrected chi connectivity index (χ2v) is 7.90. The Balaban J connectivity index is 1.91. The number of ether oxygens (including phenoxy) is 1. The zero-order valence-corrected chi connectivity index (χ0v) is 17.1. The maximum absolute atomic E-state index is 12.2. The Labute approximate surface area is 173 Å². The standard InChI is InChI=1S/C22H21ClN2O4/c1-22(2,3)29-21(28)24-12-14-7-6-8-15(11-14)25-13-17(19(26)20(23)27)16-9-4-5-10-18(16)25/h4-11,13H,12H2,1-3H3,(H,24,28). The molecule has 0 aliphatic carbocycles. The molecule has 0 fully saturated rings. The van der Waals surface area contributed by atoms with Crippen molar-refractivity contribution in [3.63, 3.8) is 0 Å². The zero-order valence-electron chi connectivity index (χ0n) is 16.4. The number of ketones is 1. The number of carbonyl (C=O) groups is 3. The lowest BCUT2D eigenvalue weighted by molar-refractivity contribution is -0.108. The molecule has 3 aromatic rings. The van der Waals surface area contributed by atoms with Crippen LogP contribution in [0, 0.1) is 0 Å². The molecule has 3 rings (SSSR count). The molecule has 0 saturated carbocycles. The van der Waals surface area contributed by atoms with Gasteiger partial charge < -0.3 is 14.6 Å². The Kier molecular flexibility index (Phi) is 5.75. The summed E-state index contributed by atoms with van der Waals surface area (Å²) in [4.78, 5) is 35.5. The fourth-order valence-corrected chi connectivity index (χ4v) is 3.09. The molecule has 0 saturated heterocycles. The number of aromatic nitrogens is 1. The van der Waals surface area contributed by atoms with Crippen LogP contribution in [0.25, 0.3) is 16.6 Å². The highest BCUT2D eigenvalue weighted by Crippen LogP contribution is 2.26. The molecule has 0 radical (unpaired) electrons. The van der Waals surface area contributed by atoms with Crippen molar-refractivity contribution >= 4 is 39.6 Å². The highest BCUT2D eigenvalue weighted by molar-refractivity contribution is 6.83. The number of rotatable bonds is 5. The summed E-state index contributed by atoms with van der Waals surface area (Å²) in [5.74, 6) is -0.746. The van der Waals surface area contributed by atoms with Gasteiger partial charge in [0.2, 0.25) is 5.78 Å². The largest absolute Gasteiger partial charge is 0.444 e. The van der Waals surface area contributed by atoms with Gasteiger partial charge in [0.15, 0.2) is 0 Å². The number of carbonyl (C=O) groups excluding carboxylic acids is 3. The van der Waals surface area contributed by atoms with E-state index in [-0.39, 0.29) is 12.1 Å². The number of Topliss-reactive ketones (excluding diaryl/α,β-unsaturated/α-hetero) is 1. The Hall–Kier alpha value is -3.12. The van der Waals surface area contributed by atoms with Gasteiger partial charge in [-0.15, -0.1) is 0 Å². The Bertz CT molecular complexity index is 1100. The molecular formula is C22H21ClN2O4. The van der Waals surface area contributed by atoms with Crippen molar-refractivity contribution < 1.29 is 19.1 Å². The predicted octanol–water partition coefficient (Wildman–Crippen LogP) is 4.60. The second kappa shape index (κ2) is 8.09. The molecule has 0 aliphatic heterocycles. The molecule has 0 unspecified atom stereocenters. The molecule has 150 valence electrons. The summed E-state index contributed by atoms with van der Waals surface area (Å²) in [6.45, 7) is 5.69. The van der Waals surface area contributed by atoms with Gasteiger partial charge in [-0.2, -0.15) is 0 Å². The molecular weight excluding hydrogens is 392 g/mol. The number of amides is 1. The lowest BCUT2D eigenvalue weighted by Crippen LogP contribution is -2.32. The molecule has 2 aromatic carbocycles. The molecule has 0 spiro atoms. The van der Waals surface area contributed by atoms with Crippen molar-refractivity contribution in [2.75, 3.05) is 0 Å². The summed E-state index contributed by atoms with van der Waals surface area (Å²) in [6.07, 6.45) is 1.11. The second-order valence-electron chi connectivity index (χ2n) is 7.56. The quantitative estimate of drug-likeness (QED) is 0.377. The topological polar surface area (TPSA) is 77.4 Å². The van der Waals surface area contributed by atoms with E-state index in [2.05, 4.69) is 5.32 Å². The van der Waals surface area contributed by atoms with E-state index < -0.39 is 22.7 Å². The van der Waals surface area contributed by atoms with Crippen molar-refractivity contribution in [3.8, 4) is 5.69 Å². The van der Waals surface area contributed by atoms with Crippen molar-refractivity contribution in [2.45, 2.75) is 32.9 Å². The van der Waals surface area contributed by atoms with E-state index in [1.54, 1.807) is 39.1 Å². The molecule has 7 heteroatoms. The number of nitrogens with one attached hydrogen (secondary N) is 1. The molecule has 29 heavy (non-hydrogen) atoms. The number of alkyl carbamates (subject to hydrolysis) is 1. The van der Waals surface area contributed by atoms with E-state index in [0.29, 0.717) is 5.39 Å². The van der Waals surface area contributed by atoms with Crippen LogP contribution < -0.4 is 5.32 Å². The Morgan fingerprint density at radius 1 is 1.07 bits per heavy atom. The fraction of sp³-hybridized carbons (Fsp3) is 0.227. The number of hydrogen-bond acceptors (Lipinski definition) is 4. The van der Waals surface area contributed by atoms with Crippen LogP contribution in [0.5, 0.6) is 0 Å². The van der Waals surface area contributed by atoms with Gasteiger partial charge in [-0.3, -0.25) is 9.59 Å². The minimum Gasteiger partial charge on any atom is -0.444 e. The average molecular weight is 413 g/mol. The van der Waals surface area contributed by atoms with Crippen molar-refractivity contribution in [3.05, 3.63) is 65.9 Å².